The van der Waals surface area contributed by atoms with E-state index in [2.05, 4.69) is 49.9 Å². The minimum atomic E-state index is 0.136. The van der Waals surface area contributed by atoms with E-state index >= 15 is 0 Å². The van der Waals surface area contributed by atoms with Crippen molar-refractivity contribution >= 4 is 10.9 Å². The van der Waals surface area contributed by atoms with Crippen molar-refractivity contribution < 1.29 is 0 Å². The molecule has 0 amide bonds. The van der Waals surface area contributed by atoms with E-state index < -0.39 is 0 Å². The summed E-state index contributed by atoms with van der Waals surface area (Å²) in [6.45, 7) is 6.59. The van der Waals surface area contributed by atoms with Gasteiger partial charge < -0.3 is 4.98 Å². The van der Waals surface area contributed by atoms with E-state index in [0.717, 1.165) is 11.1 Å². The Kier molecular flexibility index (Phi) is 2.08. The second kappa shape index (κ2) is 3.17. The van der Waals surface area contributed by atoms with Gasteiger partial charge in [-0.2, -0.15) is 0 Å². The molecule has 0 aliphatic carbocycles. The van der Waals surface area contributed by atoms with Crippen LogP contribution in [0.1, 0.15) is 31.9 Å². The Hall–Kier alpha value is -1.68. The monoisotopic (exact) mass is 197 g/mol. The van der Waals surface area contributed by atoms with Crippen molar-refractivity contribution in [1.82, 2.24) is 4.98 Å². The molecule has 1 N–H and O–H groups in total. The van der Waals surface area contributed by atoms with E-state index in [-0.39, 0.29) is 5.41 Å². The molecule has 1 aromatic carbocycles. The van der Waals surface area contributed by atoms with Gasteiger partial charge in [0.15, 0.2) is 0 Å². The topological polar surface area (TPSA) is 15.8 Å². The number of aromatic nitrogens is 1. The molecule has 0 saturated heterocycles. The van der Waals surface area contributed by atoms with Crippen LogP contribution < -0.4 is 0 Å². The van der Waals surface area contributed by atoms with Crippen molar-refractivity contribution in [2.24, 2.45) is 0 Å². The number of terminal acetylenes is 1. The van der Waals surface area contributed by atoms with Gasteiger partial charge in [0.05, 0.1) is 5.52 Å². The first-order valence-electron chi connectivity index (χ1n) is 5.10. The quantitative estimate of drug-likeness (QED) is 0.623. The molecule has 0 fully saturated rings. The molecule has 1 nitrogen and oxygen atoms in total. The van der Waals surface area contributed by atoms with Crippen LogP contribution in [0.15, 0.2) is 24.4 Å². The summed E-state index contributed by atoms with van der Waals surface area (Å²) in [5, 5.41) is 1.19. The van der Waals surface area contributed by atoms with Gasteiger partial charge in [0.1, 0.15) is 0 Å². The van der Waals surface area contributed by atoms with Crippen LogP contribution in [-0.4, -0.2) is 4.98 Å². The number of rotatable bonds is 0. The van der Waals surface area contributed by atoms with Crippen LogP contribution in [0.5, 0.6) is 0 Å². The number of benzene rings is 1. The predicted octanol–water partition coefficient (Wildman–Crippen LogP) is 3.45. The van der Waals surface area contributed by atoms with Crippen molar-refractivity contribution in [3.8, 4) is 12.3 Å². The molecule has 15 heavy (non-hydrogen) atoms. The van der Waals surface area contributed by atoms with E-state index in [1.165, 1.54) is 10.9 Å². The molecule has 1 heteroatoms. The fraction of sp³-hybridized carbons (Fsp3) is 0.286. The summed E-state index contributed by atoms with van der Waals surface area (Å²) < 4.78 is 0. The van der Waals surface area contributed by atoms with Crippen molar-refractivity contribution in [2.45, 2.75) is 26.2 Å². The lowest BCUT2D eigenvalue weighted by molar-refractivity contribution is 0.591. The largest absolute Gasteiger partial charge is 0.360 e. The molecule has 0 aliphatic rings. The number of hydrogen-bond acceptors (Lipinski definition) is 0. The van der Waals surface area contributed by atoms with E-state index in [4.69, 9.17) is 6.42 Å². The first-order valence-corrected chi connectivity index (χ1v) is 5.10. The molecule has 0 atom stereocenters. The highest BCUT2D eigenvalue weighted by molar-refractivity contribution is 5.86. The number of H-pyrrole nitrogens is 1. The zero-order valence-corrected chi connectivity index (χ0v) is 9.39. The first-order chi connectivity index (χ1) is 7.02. The second-order valence-corrected chi connectivity index (χ2v) is 4.86. The predicted molar refractivity (Wildman–Crippen MR) is 64.9 cm³/mol. The number of aromatic amines is 1. The third kappa shape index (κ3) is 1.64. The third-order valence-electron chi connectivity index (χ3n) is 2.68. The van der Waals surface area contributed by atoms with Gasteiger partial charge in [-0.15, -0.1) is 6.42 Å². The first kappa shape index (κ1) is 9.86. The molecule has 2 rings (SSSR count). The molecule has 2 aromatic rings. The highest BCUT2D eigenvalue weighted by Crippen LogP contribution is 2.27. The third-order valence-corrected chi connectivity index (χ3v) is 2.68. The molecule has 0 bridgehead atoms. The number of fused-ring (bicyclic) bond motifs is 1. The van der Waals surface area contributed by atoms with Crippen LogP contribution in [0, 0.1) is 12.3 Å². The lowest BCUT2D eigenvalue weighted by atomic mass is 9.85. The Morgan fingerprint density at radius 2 is 2.00 bits per heavy atom. The van der Waals surface area contributed by atoms with Crippen LogP contribution in [0.3, 0.4) is 0 Å². The van der Waals surface area contributed by atoms with Gasteiger partial charge in [0, 0.05) is 17.1 Å². The summed E-state index contributed by atoms with van der Waals surface area (Å²) in [7, 11) is 0. The summed E-state index contributed by atoms with van der Waals surface area (Å²) in [5.74, 6) is 2.74. The zero-order chi connectivity index (χ0) is 11.1. The van der Waals surface area contributed by atoms with Gasteiger partial charge in [-0.25, -0.2) is 0 Å². The standard InChI is InChI=1S/C14H15N/c1-5-10-8-12(14(2,3)4)9-11-6-7-15-13(10)11/h1,6-9,15H,2-4H3. The zero-order valence-electron chi connectivity index (χ0n) is 9.39. The molecule has 0 radical (unpaired) electrons. The maximum Gasteiger partial charge on any atom is 0.0613 e. The normalized spacial score (nSPS) is 11.6. The second-order valence-electron chi connectivity index (χ2n) is 4.86. The summed E-state index contributed by atoms with van der Waals surface area (Å²) in [5.41, 5.74) is 3.42. The Morgan fingerprint density at radius 3 is 2.60 bits per heavy atom. The number of nitrogens with one attached hydrogen (secondary N) is 1. The van der Waals surface area contributed by atoms with E-state index in [9.17, 15) is 0 Å². The van der Waals surface area contributed by atoms with Crippen LogP contribution in [0.25, 0.3) is 10.9 Å². The van der Waals surface area contributed by atoms with E-state index in [0.29, 0.717) is 0 Å². The maximum atomic E-state index is 5.52. The van der Waals surface area contributed by atoms with Crippen molar-refractivity contribution in [1.29, 1.82) is 0 Å². The van der Waals surface area contributed by atoms with Gasteiger partial charge in [0.2, 0.25) is 0 Å². The Labute approximate surface area is 90.5 Å². The van der Waals surface area contributed by atoms with Crippen molar-refractivity contribution in [3.05, 3.63) is 35.5 Å². The SMILES string of the molecule is C#Cc1cc(C(C)(C)C)cc2cc[nH]c12. The fourth-order valence-electron chi connectivity index (χ4n) is 1.72. The van der Waals surface area contributed by atoms with Gasteiger partial charge in [0.25, 0.3) is 0 Å². The average Bonchev–Trinajstić information content (AvgIpc) is 2.62. The summed E-state index contributed by atoms with van der Waals surface area (Å²) in [6, 6.07) is 6.36. The number of hydrogen-bond donors (Lipinski definition) is 1. The highest BCUT2D eigenvalue weighted by Gasteiger charge is 2.15. The lowest BCUT2D eigenvalue weighted by Crippen LogP contribution is -2.11. The van der Waals surface area contributed by atoms with Gasteiger partial charge in [-0.05, 0) is 29.2 Å². The molecule has 1 heterocycles. The lowest BCUT2D eigenvalue weighted by Gasteiger charge is -2.19. The van der Waals surface area contributed by atoms with E-state index in [1.54, 1.807) is 0 Å². The molecule has 0 unspecified atom stereocenters. The van der Waals surface area contributed by atoms with Crippen LogP contribution in [-0.2, 0) is 5.41 Å². The van der Waals surface area contributed by atoms with Crippen molar-refractivity contribution in [3.63, 3.8) is 0 Å². The molecular formula is C14H15N. The van der Waals surface area contributed by atoms with Crippen LogP contribution in [0.2, 0.25) is 0 Å². The van der Waals surface area contributed by atoms with Gasteiger partial charge in [-0.3, -0.25) is 0 Å². The van der Waals surface area contributed by atoms with E-state index in [1.807, 2.05) is 6.20 Å². The molecule has 0 aliphatic heterocycles. The fourth-order valence-corrected chi connectivity index (χ4v) is 1.72. The van der Waals surface area contributed by atoms with Gasteiger partial charge >= 0.3 is 0 Å². The average molecular weight is 197 g/mol. The summed E-state index contributed by atoms with van der Waals surface area (Å²) >= 11 is 0. The molecule has 0 saturated carbocycles. The molecule has 0 spiro atoms. The Balaban J connectivity index is 2.76. The maximum absolute atomic E-state index is 5.52. The van der Waals surface area contributed by atoms with Crippen LogP contribution >= 0.6 is 0 Å². The summed E-state index contributed by atoms with van der Waals surface area (Å²) in [6.07, 6.45) is 7.45. The Morgan fingerprint density at radius 1 is 1.27 bits per heavy atom. The minimum Gasteiger partial charge on any atom is -0.360 e. The smallest absolute Gasteiger partial charge is 0.0613 e. The summed E-state index contributed by atoms with van der Waals surface area (Å²) in [4.78, 5) is 3.18. The molecule has 76 valence electrons. The Bertz CT molecular complexity index is 532. The molecule has 1 aromatic heterocycles. The highest BCUT2D eigenvalue weighted by atomic mass is 14.7. The van der Waals surface area contributed by atoms with Crippen molar-refractivity contribution in [2.75, 3.05) is 0 Å². The molecular weight excluding hydrogens is 182 g/mol. The van der Waals surface area contributed by atoms with Gasteiger partial charge in [-0.1, -0.05) is 26.7 Å². The minimum absolute atomic E-state index is 0.136. The van der Waals surface area contributed by atoms with Crippen LogP contribution in [0.4, 0.5) is 0 Å².